The van der Waals surface area contributed by atoms with Crippen LogP contribution in [0.15, 0.2) is 28.8 Å². The van der Waals surface area contributed by atoms with Crippen molar-refractivity contribution in [1.82, 2.24) is 15.5 Å². The molecule has 2 aromatic rings. The highest BCUT2D eigenvalue weighted by Gasteiger charge is 2.13. The first-order chi connectivity index (χ1) is 9.24. The van der Waals surface area contributed by atoms with Crippen molar-refractivity contribution < 1.29 is 9.26 Å². The Hall–Kier alpha value is -1.43. The maximum absolute atomic E-state index is 5.34. The van der Waals surface area contributed by atoms with E-state index in [1.807, 2.05) is 31.3 Å². The van der Waals surface area contributed by atoms with Crippen LogP contribution in [0.5, 0.6) is 0 Å². The maximum atomic E-state index is 5.34. The van der Waals surface area contributed by atoms with Crippen molar-refractivity contribution in [2.75, 3.05) is 14.2 Å². The zero-order valence-electron chi connectivity index (χ0n) is 11.9. The third kappa shape index (κ3) is 4.03. The second-order valence-corrected chi connectivity index (χ2v) is 4.50. The molecule has 1 heterocycles. The lowest BCUT2D eigenvalue weighted by Gasteiger charge is -2.05. The Kier molecular flexibility index (Phi) is 6.64. The summed E-state index contributed by atoms with van der Waals surface area (Å²) in [6, 6.07) is 8.21. The van der Waals surface area contributed by atoms with Crippen molar-refractivity contribution in [3.05, 3.63) is 35.7 Å². The molecule has 0 aliphatic carbocycles. The minimum atomic E-state index is 0. The van der Waals surface area contributed by atoms with Gasteiger partial charge >= 0.3 is 0 Å². The number of hydrogen-bond donors (Lipinski definition) is 1. The van der Waals surface area contributed by atoms with Crippen LogP contribution in [0.25, 0.3) is 11.5 Å². The number of nitrogens with zero attached hydrogens (tertiary/aromatic N) is 2. The number of methoxy groups -OCH3 is 1. The third-order valence-corrected chi connectivity index (χ3v) is 3.00. The van der Waals surface area contributed by atoms with Crippen LogP contribution >= 0.6 is 12.4 Å². The van der Waals surface area contributed by atoms with E-state index in [-0.39, 0.29) is 12.4 Å². The molecule has 0 amide bonds. The molecular formula is C14H20ClN3O2. The van der Waals surface area contributed by atoms with E-state index in [9.17, 15) is 0 Å². The van der Waals surface area contributed by atoms with Crippen molar-refractivity contribution in [2.24, 2.45) is 0 Å². The maximum Gasteiger partial charge on any atom is 0.258 e. The van der Waals surface area contributed by atoms with E-state index in [0.717, 1.165) is 17.5 Å². The SMILES string of the molecule is CNC(C)Cc1noc(-c2ccccc2COC)n1.Cl. The van der Waals surface area contributed by atoms with Crippen LogP contribution in [-0.2, 0) is 17.8 Å². The van der Waals surface area contributed by atoms with Crippen molar-refractivity contribution in [1.29, 1.82) is 0 Å². The molecule has 1 aromatic carbocycles. The smallest absolute Gasteiger partial charge is 0.258 e. The molecule has 0 fully saturated rings. The van der Waals surface area contributed by atoms with E-state index in [1.54, 1.807) is 7.11 Å². The van der Waals surface area contributed by atoms with Crippen molar-refractivity contribution in [3.63, 3.8) is 0 Å². The molecule has 0 aliphatic heterocycles. The summed E-state index contributed by atoms with van der Waals surface area (Å²) in [6.07, 6.45) is 0.743. The van der Waals surface area contributed by atoms with Gasteiger partial charge in [-0.2, -0.15) is 4.98 Å². The summed E-state index contributed by atoms with van der Waals surface area (Å²) in [4.78, 5) is 4.44. The van der Waals surface area contributed by atoms with Crippen LogP contribution < -0.4 is 5.32 Å². The summed E-state index contributed by atoms with van der Waals surface area (Å²) in [5.74, 6) is 1.26. The normalized spacial score (nSPS) is 11.9. The first-order valence-corrected chi connectivity index (χ1v) is 6.31. The van der Waals surface area contributed by atoms with Crippen LogP contribution in [0, 0.1) is 0 Å². The minimum absolute atomic E-state index is 0. The Labute approximate surface area is 125 Å². The fourth-order valence-corrected chi connectivity index (χ4v) is 1.83. The van der Waals surface area contributed by atoms with E-state index in [4.69, 9.17) is 9.26 Å². The van der Waals surface area contributed by atoms with Gasteiger partial charge in [0.1, 0.15) is 0 Å². The van der Waals surface area contributed by atoms with E-state index in [0.29, 0.717) is 24.4 Å². The molecule has 1 N–H and O–H groups in total. The third-order valence-electron chi connectivity index (χ3n) is 3.00. The van der Waals surface area contributed by atoms with Gasteiger partial charge in [-0.3, -0.25) is 0 Å². The lowest BCUT2D eigenvalue weighted by molar-refractivity contribution is 0.185. The average Bonchev–Trinajstić information content (AvgIpc) is 2.88. The molecule has 1 unspecified atom stereocenters. The number of ether oxygens (including phenoxy) is 1. The lowest BCUT2D eigenvalue weighted by Crippen LogP contribution is -2.24. The van der Waals surface area contributed by atoms with Gasteiger partial charge in [0.25, 0.3) is 5.89 Å². The topological polar surface area (TPSA) is 60.2 Å². The Morgan fingerprint density at radius 1 is 1.35 bits per heavy atom. The molecule has 0 radical (unpaired) electrons. The highest BCUT2D eigenvalue weighted by molar-refractivity contribution is 5.85. The predicted octanol–water partition coefficient (Wildman–Crippen LogP) is 2.46. The fourth-order valence-electron chi connectivity index (χ4n) is 1.83. The van der Waals surface area contributed by atoms with Crippen molar-refractivity contribution in [2.45, 2.75) is 26.0 Å². The zero-order valence-corrected chi connectivity index (χ0v) is 12.7. The number of hydrogen-bond acceptors (Lipinski definition) is 5. The Morgan fingerprint density at radius 3 is 2.80 bits per heavy atom. The highest BCUT2D eigenvalue weighted by Crippen LogP contribution is 2.22. The van der Waals surface area contributed by atoms with E-state index in [2.05, 4.69) is 22.4 Å². The van der Waals surface area contributed by atoms with E-state index in [1.165, 1.54) is 0 Å². The van der Waals surface area contributed by atoms with Gasteiger partial charge in [0.2, 0.25) is 0 Å². The second kappa shape index (κ2) is 7.99. The molecule has 5 nitrogen and oxygen atoms in total. The average molecular weight is 298 g/mol. The van der Waals surface area contributed by atoms with Gasteiger partial charge in [0.15, 0.2) is 5.82 Å². The molecule has 20 heavy (non-hydrogen) atoms. The van der Waals surface area contributed by atoms with Gasteiger partial charge < -0.3 is 14.6 Å². The Balaban J connectivity index is 0.00000200. The van der Waals surface area contributed by atoms with Crippen LogP contribution in [0.3, 0.4) is 0 Å². The summed E-state index contributed by atoms with van der Waals surface area (Å²) in [6.45, 7) is 2.61. The summed E-state index contributed by atoms with van der Waals surface area (Å²) in [5.41, 5.74) is 1.97. The summed E-state index contributed by atoms with van der Waals surface area (Å²) < 4.78 is 10.5. The largest absolute Gasteiger partial charge is 0.380 e. The molecule has 0 spiro atoms. The molecule has 1 atom stereocenters. The number of rotatable bonds is 6. The Bertz CT molecular complexity index is 531. The number of benzene rings is 1. The number of nitrogens with one attached hydrogen (secondary N) is 1. The molecule has 0 saturated carbocycles. The number of likely N-dealkylation sites (N-methyl/N-ethyl adjacent to an activating group) is 1. The highest BCUT2D eigenvalue weighted by atomic mass is 35.5. The van der Waals surface area contributed by atoms with Crippen molar-refractivity contribution in [3.8, 4) is 11.5 Å². The molecule has 0 saturated heterocycles. The molecular weight excluding hydrogens is 278 g/mol. The molecule has 2 rings (SSSR count). The monoisotopic (exact) mass is 297 g/mol. The fraction of sp³-hybridized carbons (Fsp3) is 0.429. The summed E-state index contributed by atoms with van der Waals surface area (Å²) in [7, 11) is 3.59. The van der Waals surface area contributed by atoms with Gasteiger partial charge in [-0.25, -0.2) is 0 Å². The van der Waals surface area contributed by atoms with Gasteiger partial charge in [-0.15, -0.1) is 12.4 Å². The quantitative estimate of drug-likeness (QED) is 0.887. The van der Waals surface area contributed by atoms with Crippen molar-refractivity contribution >= 4 is 12.4 Å². The number of aromatic nitrogens is 2. The second-order valence-electron chi connectivity index (χ2n) is 4.50. The van der Waals surface area contributed by atoms with E-state index >= 15 is 0 Å². The van der Waals surface area contributed by atoms with Gasteiger partial charge in [0.05, 0.1) is 6.61 Å². The van der Waals surface area contributed by atoms with Crippen LogP contribution in [0.4, 0.5) is 0 Å². The first-order valence-electron chi connectivity index (χ1n) is 6.31. The standard InChI is InChI=1S/C14H19N3O2.ClH/c1-10(15-2)8-13-16-14(19-17-13)12-7-5-4-6-11(12)9-18-3;/h4-7,10,15H,8-9H2,1-3H3;1H. The van der Waals surface area contributed by atoms with Crippen LogP contribution in [0.1, 0.15) is 18.3 Å². The molecule has 1 aromatic heterocycles. The molecule has 0 aliphatic rings. The first kappa shape index (κ1) is 16.6. The molecule has 110 valence electrons. The van der Waals surface area contributed by atoms with Crippen LogP contribution in [0.2, 0.25) is 0 Å². The van der Waals surface area contributed by atoms with Gasteiger partial charge in [-0.1, -0.05) is 23.4 Å². The van der Waals surface area contributed by atoms with Gasteiger partial charge in [-0.05, 0) is 25.6 Å². The molecule has 0 bridgehead atoms. The lowest BCUT2D eigenvalue weighted by atomic mass is 10.1. The minimum Gasteiger partial charge on any atom is -0.380 e. The summed E-state index contributed by atoms with van der Waals surface area (Å²) in [5, 5.41) is 7.17. The number of halogens is 1. The predicted molar refractivity (Wildman–Crippen MR) is 79.9 cm³/mol. The molecule has 6 heteroatoms. The van der Waals surface area contributed by atoms with E-state index < -0.39 is 0 Å². The zero-order chi connectivity index (χ0) is 13.7. The summed E-state index contributed by atoms with van der Waals surface area (Å²) >= 11 is 0. The Morgan fingerprint density at radius 2 is 2.10 bits per heavy atom. The van der Waals surface area contributed by atoms with Crippen LogP contribution in [-0.4, -0.2) is 30.3 Å². The van der Waals surface area contributed by atoms with Gasteiger partial charge in [0, 0.05) is 25.1 Å².